The number of carbonyl (C=O) groups excluding carboxylic acids is 4. The van der Waals surface area contributed by atoms with Crippen molar-refractivity contribution in [2.45, 2.75) is 0 Å². The van der Waals surface area contributed by atoms with E-state index >= 15 is 0 Å². The second-order valence-electron chi connectivity index (χ2n) is 5.77. The highest BCUT2D eigenvalue weighted by Gasteiger charge is 2.38. The van der Waals surface area contributed by atoms with Gasteiger partial charge in [0.1, 0.15) is 0 Å². The molecule has 2 saturated heterocycles. The Morgan fingerprint density at radius 2 is 1.88 bits per heavy atom. The molecule has 1 aromatic carbocycles. The van der Waals surface area contributed by atoms with Gasteiger partial charge >= 0.3 is 6.09 Å². The van der Waals surface area contributed by atoms with E-state index in [4.69, 9.17) is 0 Å². The van der Waals surface area contributed by atoms with Crippen LogP contribution in [0.3, 0.4) is 0 Å². The molecule has 0 spiro atoms. The van der Waals surface area contributed by atoms with Crippen LogP contribution in [-0.4, -0.2) is 66.4 Å². The minimum atomic E-state index is -0.625. The molecular weight excluding hydrogens is 314 g/mol. The van der Waals surface area contributed by atoms with Gasteiger partial charge in [0.05, 0.1) is 6.54 Å². The second kappa shape index (κ2) is 6.69. The first-order valence-corrected chi connectivity index (χ1v) is 7.62. The van der Waals surface area contributed by atoms with Gasteiger partial charge < -0.3 is 15.0 Å². The molecule has 1 aromatic rings. The molecule has 0 aliphatic carbocycles. The second-order valence-corrected chi connectivity index (χ2v) is 5.77. The molecule has 126 valence electrons. The van der Waals surface area contributed by atoms with E-state index in [9.17, 15) is 19.2 Å². The van der Waals surface area contributed by atoms with Crippen molar-refractivity contribution in [3.05, 3.63) is 35.9 Å². The summed E-state index contributed by atoms with van der Waals surface area (Å²) in [7, 11) is 0. The molecule has 0 atom stereocenters. The summed E-state index contributed by atoms with van der Waals surface area (Å²) in [6.45, 7) is 0.886. The van der Waals surface area contributed by atoms with Crippen molar-refractivity contribution in [2.75, 3.05) is 32.8 Å². The largest absolute Gasteiger partial charge is 0.439 e. The lowest BCUT2D eigenvalue weighted by molar-refractivity contribution is -0.137. The van der Waals surface area contributed by atoms with Crippen LogP contribution in [0.5, 0.6) is 0 Å². The number of hydrogen-bond donors (Lipinski definition) is 1. The van der Waals surface area contributed by atoms with Crippen LogP contribution in [0.15, 0.2) is 30.3 Å². The van der Waals surface area contributed by atoms with E-state index in [1.807, 2.05) is 6.07 Å². The van der Waals surface area contributed by atoms with Crippen LogP contribution in [0.25, 0.3) is 0 Å². The highest BCUT2D eigenvalue weighted by molar-refractivity contribution is 5.98. The Bertz CT molecular complexity index is 654. The maximum atomic E-state index is 12.0. The van der Waals surface area contributed by atoms with Crippen LogP contribution in [0.2, 0.25) is 0 Å². The summed E-state index contributed by atoms with van der Waals surface area (Å²) in [5.74, 6) is -0.787. The molecule has 2 aliphatic heterocycles. The number of hydrogen-bond acceptors (Lipinski definition) is 5. The highest BCUT2D eigenvalue weighted by atomic mass is 16.6. The van der Waals surface area contributed by atoms with Crippen LogP contribution in [-0.2, 0) is 14.3 Å². The Labute approximate surface area is 138 Å². The Morgan fingerprint density at radius 3 is 2.50 bits per heavy atom. The van der Waals surface area contributed by atoms with Crippen LogP contribution in [0.4, 0.5) is 4.79 Å². The first-order valence-electron chi connectivity index (χ1n) is 7.62. The summed E-state index contributed by atoms with van der Waals surface area (Å²) in [6.07, 6.45) is -0.625. The molecule has 3 rings (SSSR count). The van der Waals surface area contributed by atoms with E-state index in [0.29, 0.717) is 18.7 Å². The van der Waals surface area contributed by atoms with Gasteiger partial charge in [0.2, 0.25) is 5.91 Å². The summed E-state index contributed by atoms with van der Waals surface area (Å²) >= 11 is 0. The van der Waals surface area contributed by atoms with Gasteiger partial charge in [0.15, 0.2) is 6.61 Å². The van der Waals surface area contributed by atoms with Gasteiger partial charge in [-0.1, -0.05) is 18.2 Å². The molecule has 24 heavy (non-hydrogen) atoms. The summed E-state index contributed by atoms with van der Waals surface area (Å²) < 4.78 is 4.64. The Morgan fingerprint density at radius 1 is 1.17 bits per heavy atom. The van der Waals surface area contributed by atoms with Crippen molar-refractivity contribution in [2.24, 2.45) is 5.92 Å². The molecule has 0 saturated carbocycles. The molecule has 8 heteroatoms. The van der Waals surface area contributed by atoms with Crippen molar-refractivity contribution in [3.63, 3.8) is 0 Å². The molecule has 0 radical (unpaired) electrons. The number of likely N-dealkylation sites (tertiary alicyclic amines) is 1. The number of rotatable bonds is 5. The first kappa shape index (κ1) is 16.0. The molecule has 0 bridgehead atoms. The fraction of sp³-hybridized carbons (Fsp3) is 0.375. The zero-order chi connectivity index (χ0) is 17.1. The molecule has 8 nitrogen and oxygen atoms in total. The third kappa shape index (κ3) is 3.37. The predicted molar refractivity (Wildman–Crippen MR) is 81.9 cm³/mol. The number of cyclic esters (lactones) is 1. The van der Waals surface area contributed by atoms with E-state index in [2.05, 4.69) is 10.1 Å². The van der Waals surface area contributed by atoms with Gasteiger partial charge in [-0.2, -0.15) is 0 Å². The number of nitrogens with one attached hydrogen (secondary N) is 1. The summed E-state index contributed by atoms with van der Waals surface area (Å²) in [6, 6.07) is 8.66. The monoisotopic (exact) mass is 331 g/mol. The van der Waals surface area contributed by atoms with Crippen LogP contribution >= 0.6 is 0 Å². The van der Waals surface area contributed by atoms with E-state index in [0.717, 1.165) is 4.90 Å². The number of amides is 4. The SMILES string of the molecule is O=C(NCC(=O)N1CC(CN2C(=O)COC2=O)C1)c1ccccc1. The molecule has 1 N–H and O–H groups in total. The van der Waals surface area contributed by atoms with Gasteiger partial charge in [-0.15, -0.1) is 0 Å². The van der Waals surface area contributed by atoms with Gasteiger partial charge in [-0.25, -0.2) is 9.69 Å². The van der Waals surface area contributed by atoms with Crippen molar-refractivity contribution < 1.29 is 23.9 Å². The molecule has 4 amide bonds. The van der Waals surface area contributed by atoms with Crippen molar-refractivity contribution in [3.8, 4) is 0 Å². The van der Waals surface area contributed by atoms with Crippen molar-refractivity contribution in [1.29, 1.82) is 0 Å². The summed E-state index contributed by atoms with van der Waals surface area (Å²) in [5.41, 5.74) is 0.498. The lowest BCUT2D eigenvalue weighted by Gasteiger charge is -2.40. The Kier molecular flexibility index (Phi) is 4.45. The molecule has 2 aliphatic rings. The quantitative estimate of drug-likeness (QED) is 0.810. The maximum Gasteiger partial charge on any atom is 0.417 e. The lowest BCUT2D eigenvalue weighted by Crippen LogP contribution is -2.56. The van der Waals surface area contributed by atoms with Gasteiger partial charge in [0, 0.05) is 31.1 Å². The van der Waals surface area contributed by atoms with E-state index in [1.54, 1.807) is 29.2 Å². The molecule has 2 fully saturated rings. The molecular formula is C16H17N3O5. The highest BCUT2D eigenvalue weighted by Crippen LogP contribution is 2.19. The van der Waals surface area contributed by atoms with Crippen molar-refractivity contribution in [1.82, 2.24) is 15.1 Å². The van der Waals surface area contributed by atoms with Crippen LogP contribution < -0.4 is 5.32 Å². The smallest absolute Gasteiger partial charge is 0.417 e. The lowest BCUT2D eigenvalue weighted by atomic mass is 9.99. The average Bonchev–Trinajstić information content (AvgIpc) is 2.87. The zero-order valence-electron chi connectivity index (χ0n) is 12.9. The standard InChI is InChI=1S/C16H17N3O5/c20-13(6-17-15(22)12-4-2-1-3-5-12)18-7-11(8-18)9-19-14(21)10-24-16(19)23/h1-5,11H,6-10H2,(H,17,22). The van der Waals surface area contributed by atoms with E-state index in [1.165, 1.54) is 0 Å². The predicted octanol–water partition coefficient (Wildman–Crippen LogP) is -0.146. The molecule has 0 aromatic heterocycles. The third-order valence-electron chi connectivity index (χ3n) is 4.03. The third-order valence-corrected chi connectivity index (χ3v) is 4.03. The van der Waals surface area contributed by atoms with Crippen LogP contribution in [0.1, 0.15) is 10.4 Å². The minimum absolute atomic E-state index is 0.0494. The molecule has 2 heterocycles. The van der Waals surface area contributed by atoms with E-state index in [-0.39, 0.29) is 43.3 Å². The van der Waals surface area contributed by atoms with Crippen LogP contribution in [0, 0.1) is 5.92 Å². The number of carbonyl (C=O) groups is 4. The zero-order valence-corrected chi connectivity index (χ0v) is 12.9. The Balaban J connectivity index is 1.40. The Hall–Kier alpha value is -2.90. The fourth-order valence-electron chi connectivity index (χ4n) is 2.66. The first-order chi connectivity index (χ1) is 11.5. The molecule has 0 unspecified atom stereocenters. The topological polar surface area (TPSA) is 96.0 Å². The van der Waals surface area contributed by atoms with Crippen molar-refractivity contribution >= 4 is 23.8 Å². The fourth-order valence-corrected chi connectivity index (χ4v) is 2.66. The minimum Gasteiger partial charge on any atom is -0.439 e. The summed E-state index contributed by atoms with van der Waals surface area (Å²) in [4.78, 5) is 49.3. The number of benzene rings is 1. The average molecular weight is 331 g/mol. The van der Waals surface area contributed by atoms with E-state index < -0.39 is 6.09 Å². The van der Waals surface area contributed by atoms with Gasteiger partial charge in [-0.05, 0) is 12.1 Å². The normalized spacial score (nSPS) is 17.5. The number of nitrogens with zero attached hydrogens (tertiary/aromatic N) is 2. The number of ether oxygens (including phenoxy) is 1. The number of imide groups is 1. The maximum absolute atomic E-state index is 12.0. The van der Waals surface area contributed by atoms with Gasteiger partial charge in [0.25, 0.3) is 11.8 Å². The van der Waals surface area contributed by atoms with Gasteiger partial charge in [-0.3, -0.25) is 14.4 Å². The summed E-state index contributed by atoms with van der Waals surface area (Å²) in [5, 5.41) is 2.58.